The molecule has 0 amide bonds. The van der Waals surface area contributed by atoms with E-state index in [1.807, 2.05) is 0 Å². The highest BCUT2D eigenvalue weighted by molar-refractivity contribution is 5.71. The van der Waals surface area contributed by atoms with E-state index in [4.69, 9.17) is 10.2 Å². The minimum Gasteiger partial charge on any atom is -0.469 e. The Labute approximate surface area is 75.9 Å². The van der Waals surface area contributed by atoms with Crippen molar-refractivity contribution in [3.8, 4) is 0 Å². The van der Waals surface area contributed by atoms with E-state index in [-0.39, 0.29) is 12.4 Å². The third-order valence-electron chi connectivity index (χ3n) is 1.65. The average molecular weight is 184 g/mol. The molecule has 5 nitrogen and oxygen atoms in total. The Balaban J connectivity index is 2.73. The summed E-state index contributed by atoms with van der Waals surface area (Å²) in [7, 11) is 1.32. The average Bonchev–Trinajstić information content (AvgIpc) is 2.46. The van der Waals surface area contributed by atoms with Crippen molar-refractivity contribution in [1.82, 2.24) is 4.98 Å². The number of nitrogens with zero attached hydrogens (tertiary/aromatic N) is 1. The molecular weight excluding hydrogens is 172 g/mol. The highest BCUT2D eigenvalue weighted by atomic mass is 16.5. The zero-order valence-electron chi connectivity index (χ0n) is 7.66. The number of hydrogen-bond donors (Lipinski definition) is 1. The van der Waals surface area contributed by atoms with Crippen LogP contribution in [0.1, 0.15) is 17.3 Å². The first kappa shape index (κ1) is 9.73. The SMILES string of the molecule is COC(=O)Cc1nc(C)c(CN)o1. The van der Waals surface area contributed by atoms with Gasteiger partial charge in [-0.2, -0.15) is 0 Å². The van der Waals surface area contributed by atoms with Crippen molar-refractivity contribution < 1.29 is 13.9 Å². The van der Waals surface area contributed by atoms with Crippen LogP contribution in [0, 0.1) is 6.92 Å². The van der Waals surface area contributed by atoms with E-state index in [1.165, 1.54) is 7.11 Å². The third-order valence-corrected chi connectivity index (χ3v) is 1.65. The van der Waals surface area contributed by atoms with Gasteiger partial charge in [-0.25, -0.2) is 4.98 Å². The predicted molar refractivity (Wildman–Crippen MR) is 44.9 cm³/mol. The lowest BCUT2D eigenvalue weighted by molar-refractivity contribution is -0.140. The molecule has 1 heterocycles. The Kier molecular flexibility index (Phi) is 3.02. The maximum Gasteiger partial charge on any atom is 0.314 e. The quantitative estimate of drug-likeness (QED) is 0.677. The lowest BCUT2D eigenvalue weighted by atomic mass is 10.4. The van der Waals surface area contributed by atoms with Gasteiger partial charge in [-0.05, 0) is 6.92 Å². The minimum absolute atomic E-state index is 0.0529. The molecule has 0 spiro atoms. The molecular formula is C8H12N2O3. The standard InChI is InChI=1S/C8H12N2O3/c1-5-6(4-9)13-7(10-5)3-8(11)12-2/h3-4,9H2,1-2H3. The van der Waals surface area contributed by atoms with Crippen LogP contribution in [0.3, 0.4) is 0 Å². The van der Waals surface area contributed by atoms with Crippen molar-refractivity contribution in [3.63, 3.8) is 0 Å². The largest absolute Gasteiger partial charge is 0.469 e. The Morgan fingerprint density at radius 1 is 1.69 bits per heavy atom. The van der Waals surface area contributed by atoms with Crippen LogP contribution >= 0.6 is 0 Å². The molecule has 0 saturated heterocycles. The highest BCUT2D eigenvalue weighted by Gasteiger charge is 2.11. The van der Waals surface area contributed by atoms with E-state index in [9.17, 15) is 4.79 Å². The van der Waals surface area contributed by atoms with Gasteiger partial charge in [-0.3, -0.25) is 4.79 Å². The van der Waals surface area contributed by atoms with Gasteiger partial charge in [-0.15, -0.1) is 0 Å². The van der Waals surface area contributed by atoms with Crippen LogP contribution in [0.15, 0.2) is 4.42 Å². The summed E-state index contributed by atoms with van der Waals surface area (Å²) in [5.41, 5.74) is 6.10. The molecule has 1 rings (SSSR count). The molecule has 0 radical (unpaired) electrons. The molecule has 0 aromatic carbocycles. The second kappa shape index (κ2) is 4.04. The molecule has 0 atom stereocenters. The number of aryl methyl sites for hydroxylation is 1. The number of rotatable bonds is 3. The lowest BCUT2D eigenvalue weighted by Crippen LogP contribution is -2.04. The minimum atomic E-state index is -0.371. The van der Waals surface area contributed by atoms with Crippen LogP contribution in [-0.2, 0) is 22.5 Å². The van der Waals surface area contributed by atoms with Crippen LogP contribution in [0.5, 0.6) is 0 Å². The van der Waals surface area contributed by atoms with Crippen molar-refractivity contribution >= 4 is 5.97 Å². The number of methoxy groups -OCH3 is 1. The smallest absolute Gasteiger partial charge is 0.314 e. The number of esters is 1. The number of nitrogens with two attached hydrogens (primary N) is 1. The molecule has 0 bridgehead atoms. The van der Waals surface area contributed by atoms with E-state index in [0.29, 0.717) is 18.2 Å². The fraction of sp³-hybridized carbons (Fsp3) is 0.500. The Bertz CT molecular complexity index is 306. The fourth-order valence-electron chi connectivity index (χ4n) is 0.949. The highest BCUT2D eigenvalue weighted by Crippen LogP contribution is 2.09. The van der Waals surface area contributed by atoms with Crippen molar-refractivity contribution in [2.75, 3.05) is 7.11 Å². The number of carbonyl (C=O) groups is 1. The monoisotopic (exact) mass is 184 g/mol. The van der Waals surface area contributed by atoms with Gasteiger partial charge in [0.15, 0.2) is 0 Å². The summed E-state index contributed by atoms with van der Waals surface area (Å²) in [6.45, 7) is 2.08. The van der Waals surface area contributed by atoms with Gasteiger partial charge in [0.05, 0.1) is 19.3 Å². The summed E-state index contributed by atoms with van der Waals surface area (Å²) in [5, 5.41) is 0. The second-order valence-corrected chi connectivity index (χ2v) is 2.57. The molecule has 2 N–H and O–H groups in total. The molecule has 72 valence electrons. The molecule has 0 saturated carbocycles. The van der Waals surface area contributed by atoms with Crippen LogP contribution in [0.2, 0.25) is 0 Å². The van der Waals surface area contributed by atoms with E-state index in [2.05, 4.69) is 9.72 Å². The number of hydrogen-bond acceptors (Lipinski definition) is 5. The van der Waals surface area contributed by atoms with Gasteiger partial charge in [0.1, 0.15) is 12.2 Å². The first-order valence-electron chi connectivity index (χ1n) is 3.89. The first-order chi connectivity index (χ1) is 6.17. The Morgan fingerprint density at radius 2 is 2.38 bits per heavy atom. The Morgan fingerprint density at radius 3 is 2.85 bits per heavy atom. The topological polar surface area (TPSA) is 78.3 Å². The van der Waals surface area contributed by atoms with Gasteiger partial charge in [-0.1, -0.05) is 0 Å². The zero-order valence-corrected chi connectivity index (χ0v) is 7.66. The van der Waals surface area contributed by atoms with E-state index in [0.717, 1.165) is 5.69 Å². The second-order valence-electron chi connectivity index (χ2n) is 2.57. The number of ether oxygens (including phenoxy) is 1. The van der Waals surface area contributed by atoms with Crippen LogP contribution in [0.25, 0.3) is 0 Å². The van der Waals surface area contributed by atoms with Gasteiger partial charge in [0, 0.05) is 0 Å². The summed E-state index contributed by atoms with van der Waals surface area (Å²) in [4.78, 5) is 14.9. The fourth-order valence-corrected chi connectivity index (χ4v) is 0.949. The molecule has 1 aromatic heterocycles. The molecule has 0 aliphatic carbocycles. The van der Waals surface area contributed by atoms with Crippen LogP contribution in [0.4, 0.5) is 0 Å². The normalized spacial score (nSPS) is 10.1. The molecule has 0 aliphatic heterocycles. The number of aromatic nitrogens is 1. The molecule has 5 heteroatoms. The molecule has 13 heavy (non-hydrogen) atoms. The van der Waals surface area contributed by atoms with E-state index >= 15 is 0 Å². The third kappa shape index (κ3) is 2.29. The number of carbonyl (C=O) groups excluding carboxylic acids is 1. The first-order valence-corrected chi connectivity index (χ1v) is 3.89. The van der Waals surface area contributed by atoms with Crippen LogP contribution in [-0.4, -0.2) is 18.1 Å². The molecule has 0 aliphatic rings. The van der Waals surface area contributed by atoms with E-state index in [1.54, 1.807) is 6.92 Å². The van der Waals surface area contributed by atoms with Crippen LogP contribution < -0.4 is 5.73 Å². The maximum atomic E-state index is 10.8. The zero-order chi connectivity index (χ0) is 9.84. The molecule has 0 unspecified atom stereocenters. The van der Waals surface area contributed by atoms with Crippen molar-refractivity contribution in [2.24, 2.45) is 5.73 Å². The summed E-state index contributed by atoms with van der Waals surface area (Å²) >= 11 is 0. The Hall–Kier alpha value is -1.36. The van der Waals surface area contributed by atoms with Gasteiger partial charge < -0.3 is 14.9 Å². The summed E-state index contributed by atoms with van der Waals surface area (Å²) in [6.07, 6.45) is 0.0529. The number of oxazole rings is 1. The van der Waals surface area contributed by atoms with Gasteiger partial charge >= 0.3 is 5.97 Å². The summed E-state index contributed by atoms with van der Waals surface area (Å²) in [5.74, 6) is 0.591. The summed E-state index contributed by atoms with van der Waals surface area (Å²) in [6, 6.07) is 0. The van der Waals surface area contributed by atoms with Gasteiger partial charge in [0.2, 0.25) is 5.89 Å². The lowest BCUT2D eigenvalue weighted by Gasteiger charge is -1.93. The van der Waals surface area contributed by atoms with Crippen molar-refractivity contribution in [3.05, 3.63) is 17.3 Å². The maximum absolute atomic E-state index is 10.8. The molecule has 1 aromatic rings. The summed E-state index contributed by atoms with van der Waals surface area (Å²) < 4.78 is 9.67. The van der Waals surface area contributed by atoms with Gasteiger partial charge in [0.25, 0.3) is 0 Å². The van der Waals surface area contributed by atoms with Crippen molar-refractivity contribution in [2.45, 2.75) is 19.9 Å². The molecule has 0 fully saturated rings. The predicted octanol–water partition coefficient (Wildman–Crippen LogP) is 0.157. The van der Waals surface area contributed by atoms with Crippen molar-refractivity contribution in [1.29, 1.82) is 0 Å². The van der Waals surface area contributed by atoms with E-state index < -0.39 is 0 Å².